The third-order valence-corrected chi connectivity index (χ3v) is 3.94. The van der Waals surface area contributed by atoms with Crippen molar-refractivity contribution in [1.29, 1.82) is 0 Å². The number of carboxylic acids is 3. The van der Waals surface area contributed by atoms with Gasteiger partial charge in [0.1, 0.15) is 11.7 Å². The number of phenolic OH excluding ortho intramolecular Hbond substituents is 2. The van der Waals surface area contributed by atoms with Gasteiger partial charge in [-0.1, -0.05) is 6.07 Å². The molecule has 2 rings (SSSR count). The zero-order chi connectivity index (χ0) is 20.8. The van der Waals surface area contributed by atoms with E-state index >= 15 is 0 Å². The summed E-state index contributed by atoms with van der Waals surface area (Å²) in [6.07, 6.45) is 3.72. The molecule has 1 aliphatic rings. The van der Waals surface area contributed by atoms with Crippen molar-refractivity contribution in [2.75, 3.05) is 0 Å². The van der Waals surface area contributed by atoms with Gasteiger partial charge in [-0.05, 0) is 35.4 Å². The van der Waals surface area contributed by atoms with Gasteiger partial charge in [0.25, 0.3) is 0 Å². The second kappa shape index (κ2) is 8.71. The Balaban J connectivity index is 2.18. The number of nitrogens with zero attached hydrogens (tertiary/aromatic N) is 1. The Bertz CT molecular complexity index is 888. The summed E-state index contributed by atoms with van der Waals surface area (Å²) in [5, 5.41) is 48.6. The van der Waals surface area contributed by atoms with Crippen LogP contribution in [0.5, 0.6) is 11.5 Å². The summed E-state index contributed by atoms with van der Waals surface area (Å²) in [4.78, 5) is 37.5. The van der Waals surface area contributed by atoms with Crippen molar-refractivity contribution in [3.63, 3.8) is 0 Å². The van der Waals surface area contributed by atoms with Crippen LogP contribution in [-0.2, 0) is 20.8 Å². The number of aliphatic imine (C=N–C) groups is 1. The fourth-order valence-corrected chi connectivity index (χ4v) is 2.51. The molecule has 0 saturated heterocycles. The Labute approximate surface area is 158 Å². The van der Waals surface area contributed by atoms with Gasteiger partial charge in [-0.25, -0.2) is 14.4 Å². The van der Waals surface area contributed by atoms with Crippen LogP contribution in [0.2, 0.25) is 0 Å². The molecular formula is C18H18N2O8. The molecule has 6 N–H and O–H groups in total. The quantitative estimate of drug-likeness (QED) is 0.286. The highest BCUT2D eigenvalue weighted by atomic mass is 16.4. The van der Waals surface area contributed by atoms with Gasteiger partial charge in [-0.15, -0.1) is 0 Å². The number of benzene rings is 1. The Morgan fingerprint density at radius 3 is 2.46 bits per heavy atom. The zero-order valence-electron chi connectivity index (χ0n) is 14.4. The number of allylic oxidation sites excluding steroid dienone is 2. The Hall–Kier alpha value is -3.82. The third-order valence-electron chi connectivity index (χ3n) is 3.94. The van der Waals surface area contributed by atoms with Crippen LogP contribution in [0.1, 0.15) is 12.0 Å². The highest BCUT2D eigenvalue weighted by Gasteiger charge is 2.26. The average Bonchev–Trinajstić information content (AvgIpc) is 2.63. The molecule has 1 aromatic carbocycles. The summed E-state index contributed by atoms with van der Waals surface area (Å²) in [6.45, 7) is 0. The van der Waals surface area contributed by atoms with E-state index in [4.69, 9.17) is 10.2 Å². The summed E-state index contributed by atoms with van der Waals surface area (Å²) in [5.41, 5.74) is 0.514. The monoisotopic (exact) mass is 390 g/mol. The maximum Gasteiger partial charge on any atom is 0.351 e. The first-order valence-corrected chi connectivity index (χ1v) is 8.07. The van der Waals surface area contributed by atoms with Gasteiger partial charge in [0, 0.05) is 19.1 Å². The van der Waals surface area contributed by atoms with Crippen molar-refractivity contribution in [2.24, 2.45) is 4.99 Å². The van der Waals surface area contributed by atoms with E-state index in [-0.39, 0.29) is 30.0 Å². The number of nitrogens with one attached hydrogen (secondary N) is 1. The zero-order valence-corrected chi connectivity index (χ0v) is 14.4. The first-order valence-electron chi connectivity index (χ1n) is 8.07. The molecule has 0 fully saturated rings. The second-order valence-electron chi connectivity index (χ2n) is 6.02. The van der Waals surface area contributed by atoms with E-state index in [1.165, 1.54) is 36.6 Å². The first kappa shape index (κ1) is 20.5. The minimum atomic E-state index is -1.32. The number of carbonyl (C=O) groups is 3. The fourth-order valence-electron chi connectivity index (χ4n) is 2.51. The number of hydrogen-bond donors (Lipinski definition) is 6. The van der Waals surface area contributed by atoms with Crippen molar-refractivity contribution in [3.8, 4) is 11.5 Å². The van der Waals surface area contributed by atoms with Crippen LogP contribution in [0.15, 0.2) is 46.6 Å². The third kappa shape index (κ3) is 5.34. The lowest BCUT2D eigenvalue weighted by molar-refractivity contribution is -0.140. The molecule has 0 spiro atoms. The van der Waals surface area contributed by atoms with E-state index in [1.54, 1.807) is 0 Å². The first-order chi connectivity index (χ1) is 13.2. The fraction of sp³-hybridized carbons (Fsp3) is 0.222. The molecule has 0 radical (unpaired) electrons. The van der Waals surface area contributed by atoms with Crippen LogP contribution in [0.4, 0.5) is 0 Å². The largest absolute Gasteiger partial charge is 0.504 e. The molecule has 2 atom stereocenters. The molecule has 0 unspecified atom stereocenters. The van der Waals surface area contributed by atoms with E-state index < -0.39 is 30.0 Å². The highest BCUT2D eigenvalue weighted by molar-refractivity contribution is 5.90. The summed E-state index contributed by atoms with van der Waals surface area (Å²) >= 11 is 0. The molecule has 1 heterocycles. The molecule has 1 aliphatic heterocycles. The number of aromatic hydroxyl groups is 2. The Kier molecular flexibility index (Phi) is 6.38. The Morgan fingerprint density at radius 1 is 1.18 bits per heavy atom. The number of carboxylic acid groups (broad SMARTS) is 3. The van der Waals surface area contributed by atoms with Crippen molar-refractivity contribution in [1.82, 2.24) is 5.32 Å². The molecular weight excluding hydrogens is 372 g/mol. The SMILES string of the molecule is O=C(O)C1=C/C(=C\C=N[C@@H](Cc2ccc(O)c(O)c2)C(=O)O)C[C@@H](C(=O)O)N1. The van der Waals surface area contributed by atoms with Gasteiger partial charge < -0.3 is 30.8 Å². The number of hydrogen-bond acceptors (Lipinski definition) is 7. The van der Waals surface area contributed by atoms with Gasteiger partial charge in [0.05, 0.1) is 0 Å². The van der Waals surface area contributed by atoms with Crippen molar-refractivity contribution >= 4 is 24.1 Å². The summed E-state index contributed by atoms with van der Waals surface area (Å²) < 4.78 is 0. The summed E-state index contributed by atoms with van der Waals surface area (Å²) in [6, 6.07) is 1.59. The standard InChI is InChI=1S/C18H18N2O8/c21-14-2-1-9(8-15(14)22)5-11(16(23)24)19-4-3-10-6-12(17(25)26)20-13(7-10)18(27)28/h1-4,6,8,11,13,20-22H,5,7H2,(H,23,24)(H,25,26)(H,27,28)/b10-3+,19-4?/t11-,13-/m0/s1. The van der Waals surface area contributed by atoms with Crippen LogP contribution >= 0.6 is 0 Å². The van der Waals surface area contributed by atoms with Crippen molar-refractivity contribution in [3.05, 3.63) is 47.2 Å². The molecule has 0 aromatic heterocycles. The lowest BCUT2D eigenvalue weighted by atomic mass is 10.00. The molecule has 10 nitrogen and oxygen atoms in total. The van der Waals surface area contributed by atoms with Gasteiger partial charge in [-0.2, -0.15) is 0 Å². The molecule has 0 aliphatic carbocycles. The highest BCUT2D eigenvalue weighted by Crippen LogP contribution is 2.25. The van der Waals surface area contributed by atoms with Crippen molar-refractivity contribution < 1.29 is 39.9 Å². The molecule has 10 heteroatoms. The molecule has 0 amide bonds. The normalized spacial score (nSPS) is 19.1. The predicted octanol–water partition coefficient (Wildman–Crippen LogP) is 0.506. The van der Waals surface area contributed by atoms with Crippen LogP contribution in [0, 0.1) is 0 Å². The van der Waals surface area contributed by atoms with E-state index in [9.17, 15) is 29.7 Å². The number of rotatable bonds is 7. The number of aliphatic carboxylic acids is 3. The minimum Gasteiger partial charge on any atom is -0.504 e. The van der Waals surface area contributed by atoms with E-state index in [2.05, 4.69) is 10.3 Å². The number of phenols is 2. The van der Waals surface area contributed by atoms with E-state index in [0.29, 0.717) is 11.1 Å². The lowest BCUT2D eigenvalue weighted by Crippen LogP contribution is -2.41. The molecule has 148 valence electrons. The predicted molar refractivity (Wildman–Crippen MR) is 96.4 cm³/mol. The Morgan fingerprint density at radius 2 is 1.89 bits per heavy atom. The molecule has 28 heavy (non-hydrogen) atoms. The van der Waals surface area contributed by atoms with Crippen LogP contribution in [-0.4, -0.2) is 61.7 Å². The van der Waals surface area contributed by atoms with Gasteiger partial charge >= 0.3 is 17.9 Å². The molecule has 1 aromatic rings. The maximum atomic E-state index is 11.4. The van der Waals surface area contributed by atoms with E-state index in [0.717, 1.165) is 0 Å². The van der Waals surface area contributed by atoms with Crippen LogP contribution in [0.25, 0.3) is 0 Å². The molecule has 0 saturated carbocycles. The smallest absolute Gasteiger partial charge is 0.351 e. The minimum absolute atomic E-state index is 0.00169. The van der Waals surface area contributed by atoms with Gasteiger partial charge in [0.15, 0.2) is 17.5 Å². The van der Waals surface area contributed by atoms with Crippen LogP contribution < -0.4 is 5.32 Å². The van der Waals surface area contributed by atoms with Gasteiger partial charge in [0.2, 0.25) is 0 Å². The van der Waals surface area contributed by atoms with Crippen LogP contribution in [0.3, 0.4) is 0 Å². The van der Waals surface area contributed by atoms with E-state index in [1.807, 2.05) is 0 Å². The topological polar surface area (TPSA) is 177 Å². The maximum absolute atomic E-state index is 11.4. The average molecular weight is 390 g/mol. The summed E-state index contributed by atoms with van der Waals surface area (Å²) in [5.74, 6) is -4.47. The lowest BCUT2D eigenvalue weighted by Gasteiger charge is -2.21. The van der Waals surface area contributed by atoms with Crippen molar-refractivity contribution in [2.45, 2.75) is 24.9 Å². The second-order valence-corrected chi connectivity index (χ2v) is 6.02. The molecule has 0 bridgehead atoms. The summed E-state index contributed by atoms with van der Waals surface area (Å²) in [7, 11) is 0. The van der Waals surface area contributed by atoms with Gasteiger partial charge in [-0.3, -0.25) is 4.99 Å².